The average molecular weight is 217 g/mol. The van der Waals surface area contributed by atoms with Gasteiger partial charge in [-0.05, 0) is 33.9 Å². The molecular formula is C16H25. The summed E-state index contributed by atoms with van der Waals surface area (Å²) in [6, 6.07) is 6.88. The van der Waals surface area contributed by atoms with Gasteiger partial charge in [0.1, 0.15) is 0 Å². The van der Waals surface area contributed by atoms with Gasteiger partial charge in [-0.15, -0.1) is 0 Å². The minimum Gasteiger partial charge on any atom is -0.0582 e. The van der Waals surface area contributed by atoms with Gasteiger partial charge in [-0.25, -0.2) is 0 Å². The van der Waals surface area contributed by atoms with Crippen molar-refractivity contribution in [2.24, 2.45) is 0 Å². The van der Waals surface area contributed by atoms with E-state index < -0.39 is 0 Å². The van der Waals surface area contributed by atoms with Crippen LogP contribution in [0.2, 0.25) is 0 Å². The van der Waals surface area contributed by atoms with E-state index in [1.54, 1.807) is 0 Å². The molecule has 0 heterocycles. The molecule has 0 amide bonds. The van der Waals surface area contributed by atoms with Crippen molar-refractivity contribution in [2.45, 2.75) is 59.3 Å². The summed E-state index contributed by atoms with van der Waals surface area (Å²) in [5, 5.41) is 0. The third-order valence-electron chi connectivity index (χ3n) is 3.04. The summed E-state index contributed by atoms with van der Waals surface area (Å²) in [4.78, 5) is 0. The molecular weight excluding hydrogens is 192 g/mol. The van der Waals surface area contributed by atoms with Crippen LogP contribution in [0.15, 0.2) is 18.2 Å². The van der Waals surface area contributed by atoms with Gasteiger partial charge in [-0.3, -0.25) is 0 Å². The number of hydrogen-bond acceptors (Lipinski definition) is 0. The lowest BCUT2D eigenvalue weighted by atomic mass is 9.78. The summed E-state index contributed by atoms with van der Waals surface area (Å²) in [5.74, 6) is 0. The molecule has 1 radical (unpaired) electrons. The van der Waals surface area contributed by atoms with Gasteiger partial charge in [0.05, 0.1) is 0 Å². The number of rotatable bonds is 1. The van der Waals surface area contributed by atoms with Crippen molar-refractivity contribution in [3.63, 3.8) is 0 Å². The van der Waals surface area contributed by atoms with Gasteiger partial charge in [0.15, 0.2) is 0 Å². The van der Waals surface area contributed by atoms with Crippen LogP contribution >= 0.6 is 0 Å². The quantitative estimate of drug-likeness (QED) is 0.630. The van der Waals surface area contributed by atoms with Gasteiger partial charge < -0.3 is 0 Å². The highest BCUT2D eigenvalue weighted by molar-refractivity contribution is 5.42. The molecule has 0 fully saturated rings. The van der Waals surface area contributed by atoms with E-state index >= 15 is 0 Å². The fourth-order valence-electron chi connectivity index (χ4n) is 1.92. The minimum atomic E-state index is 0.211. The normalized spacial score (nSPS) is 12.9. The van der Waals surface area contributed by atoms with Crippen LogP contribution in [0.4, 0.5) is 0 Å². The second-order valence-electron chi connectivity index (χ2n) is 6.59. The fraction of sp³-hybridized carbons (Fsp3) is 0.562. The van der Waals surface area contributed by atoms with Crippen molar-refractivity contribution >= 4 is 0 Å². The van der Waals surface area contributed by atoms with Crippen LogP contribution < -0.4 is 0 Å². The molecule has 0 spiro atoms. The lowest BCUT2D eigenvalue weighted by Crippen LogP contribution is -2.17. The average Bonchev–Trinajstić information content (AvgIpc) is 2.14. The maximum absolute atomic E-state index is 2.37. The van der Waals surface area contributed by atoms with E-state index in [1.165, 1.54) is 16.7 Å². The van der Waals surface area contributed by atoms with E-state index in [-0.39, 0.29) is 10.8 Å². The lowest BCUT2D eigenvalue weighted by molar-refractivity contribution is 0.566. The molecule has 0 bridgehead atoms. The molecule has 1 aromatic rings. The molecule has 0 nitrogen and oxygen atoms in total. The Balaban J connectivity index is 3.34. The Morgan fingerprint density at radius 3 is 1.81 bits per heavy atom. The molecule has 89 valence electrons. The SMILES string of the molecule is C[CH]c1ccc(C(C)(C)C)cc1C(C)(C)C. The van der Waals surface area contributed by atoms with Crippen LogP contribution in [0.3, 0.4) is 0 Å². The van der Waals surface area contributed by atoms with Crippen molar-refractivity contribution < 1.29 is 0 Å². The zero-order chi connectivity index (χ0) is 12.6. The standard InChI is InChI=1S/C16H25/c1-8-12-9-10-13(15(2,3)4)11-14(12)16(5,6)7/h8-11H,1-7H3. The molecule has 0 N–H and O–H groups in total. The molecule has 0 saturated heterocycles. The summed E-state index contributed by atoms with van der Waals surface area (Å²) < 4.78 is 0. The van der Waals surface area contributed by atoms with Gasteiger partial charge in [-0.2, -0.15) is 0 Å². The monoisotopic (exact) mass is 217 g/mol. The lowest BCUT2D eigenvalue weighted by Gasteiger charge is -2.27. The second-order valence-corrected chi connectivity index (χ2v) is 6.59. The van der Waals surface area contributed by atoms with Gasteiger partial charge in [-0.1, -0.05) is 66.7 Å². The predicted octanol–water partition coefficient (Wildman–Crippen LogP) is 4.85. The third-order valence-corrected chi connectivity index (χ3v) is 3.04. The summed E-state index contributed by atoms with van der Waals surface area (Å²) in [7, 11) is 0. The van der Waals surface area contributed by atoms with Gasteiger partial charge in [0.2, 0.25) is 0 Å². The van der Waals surface area contributed by atoms with Crippen molar-refractivity contribution in [3.8, 4) is 0 Å². The molecule has 0 aliphatic heterocycles. The first-order valence-electron chi connectivity index (χ1n) is 6.10. The topological polar surface area (TPSA) is 0 Å². The smallest absolute Gasteiger partial charge is 0.0121 e. The Morgan fingerprint density at radius 2 is 1.44 bits per heavy atom. The summed E-state index contributed by atoms with van der Waals surface area (Å²) in [6.45, 7) is 15.8. The molecule has 1 rings (SSSR count). The van der Waals surface area contributed by atoms with Crippen LogP contribution in [0.5, 0.6) is 0 Å². The van der Waals surface area contributed by atoms with E-state index in [0.29, 0.717) is 0 Å². The minimum absolute atomic E-state index is 0.211. The van der Waals surface area contributed by atoms with Crippen molar-refractivity contribution in [3.05, 3.63) is 41.3 Å². The molecule has 16 heavy (non-hydrogen) atoms. The third kappa shape index (κ3) is 2.87. The molecule has 0 saturated carbocycles. The summed E-state index contributed by atoms with van der Waals surface area (Å²) >= 11 is 0. The first kappa shape index (κ1) is 13.3. The van der Waals surface area contributed by atoms with E-state index in [2.05, 4.69) is 73.1 Å². The summed E-state index contributed by atoms with van der Waals surface area (Å²) in [6.07, 6.45) is 2.20. The maximum atomic E-state index is 2.37. The Bertz CT molecular complexity index is 359. The number of benzene rings is 1. The van der Waals surface area contributed by atoms with Gasteiger partial charge in [0, 0.05) is 0 Å². The van der Waals surface area contributed by atoms with Crippen molar-refractivity contribution in [1.82, 2.24) is 0 Å². The van der Waals surface area contributed by atoms with Crippen LogP contribution in [0.1, 0.15) is 65.2 Å². The van der Waals surface area contributed by atoms with Crippen molar-refractivity contribution in [1.29, 1.82) is 0 Å². The molecule has 0 aromatic heterocycles. The zero-order valence-electron chi connectivity index (χ0n) is 11.8. The molecule has 0 atom stereocenters. The molecule has 0 unspecified atom stereocenters. The van der Waals surface area contributed by atoms with Gasteiger partial charge in [0.25, 0.3) is 0 Å². The van der Waals surface area contributed by atoms with E-state index in [1.807, 2.05) is 0 Å². The van der Waals surface area contributed by atoms with E-state index in [0.717, 1.165) is 0 Å². The highest BCUT2D eigenvalue weighted by Gasteiger charge is 2.21. The highest BCUT2D eigenvalue weighted by Crippen LogP contribution is 2.31. The van der Waals surface area contributed by atoms with E-state index in [9.17, 15) is 0 Å². The Morgan fingerprint density at radius 1 is 0.875 bits per heavy atom. The second kappa shape index (κ2) is 4.24. The molecule has 0 aliphatic rings. The fourth-order valence-corrected chi connectivity index (χ4v) is 1.92. The first-order chi connectivity index (χ1) is 7.16. The molecule has 0 heteroatoms. The van der Waals surface area contributed by atoms with Crippen LogP contribution in [-0.4, -0.2) is 0 Å². The predicted molar refractivity (Wildman–Crippen MR) is 72.9 cm³/mol. The molecule has 0 aliphatic carbocycles. The van der Waals surface area contributed by atoms with Gasteiger partial charge >= 0.3 is 0 Å². The largest absolute Gasteiger partial charge is 0.0582 e. The van der Waals surface area contributed by atoms with Crippen molar-refractivity contribution in [2.75, 3.05) is 0 Å². The van der Waals surface area contributed by atoms with Crippen LogP contribution in [-0.2, 0) is 10.8 Å². The van der Waals surface area contributed by atoms with Crippen LogP contribution in [0, 0.1) is 6.42 Å². The Kier molecular flexibility index (Phi) is 3.52. The van der Waals surface area contributed by atoms with Crippen LogP contribution in [0.25, 0.3) is 0 Å². The Hall–Kier alpha value is -0.780. The van der Waals surface area contributed by atoms with E-state index in [4.69, 9.17) is 0 Å². The highest BCUT2D eigenvalue weighted by atomic mass is 14.3. The maximum Gasteiger partial charge on any atom is -0.0121 e. The Labute approximate surface area is 101 Å². The molecule has 1 aromatic carbocycles. The first-order valence-corrected chi connectivity index (χ1v) is 6.10. The number of hydrogen-bond donors (Lipinski definition) is 0. The summed E-state index contributed by atoms with van der Waals surface area (Å²) in [5.41, 5.74) is 4.67. The zero-order valence-corrected chi connectivity index (χ0v) is 11.8.